The molecule has 8 heteroatoms. The van der Waals surface area contributed by atoms with Gasteiger partial charge in [-0.25, -0.2) is 4.98 Å². The van der Waals surface area contributed by atoms with Crippen molar-refractivity contribution in [2.24, 2.45) is 28.9 Å². The summed E-state index contributed by atoms with van der Waals surface area (Å²) in [5, 5.41) is 26.1. The van der Waals surface area contributed by atoms with Gasteiger partial charge in [0, 0.05) is 19.1 Å². The third-order valence-electron chi connectivity index (χ3n) is 7.95. The SMILES string of the molecule is COc1cc(CCNc2ncc(C#N)c(NC[C@]34CC5C[C@H](C3)[C@@H](N)[C@@H](C5)C4)n2)ccc1O. The Hall–Kier alpha value is -3.05. The normalized spacial score (nSPS) is 29.5. The zero-order valence-electron chi connectivity index (χ0n) is 19.1. The number of hydrogen-bond acceptors (Lipinski definition) is 8. The maximum Gasteiger partial charge on any atom is 0.224 e. The smallest absolute Gasteiger partial charge is 0.224 e. The summed E-state index contributed by atoms with van der Waals surface area (Å²) in [5.74, 6) is 3.78. The predicted molar refractivity (Wildman–Crippen MR) is 126 cm³/mol. The Labute approximate surface area is 194 Å². The molecule has 6 rings (SSSR count). The van der Waals surface area contributed by atoms with E-state index in [1.165, 1.54) is 39.2 Å². The summed E-state index contributed by atoms with van der Waals surface area (Å²) < 4.78 is 5.17. The van der Waals surface area contributed by atoms with Gasteiger partial charge >= 0.3 is 0 Å². The summed E-state index contributed by atoms with van der Waals surface area (Å²) in [6, 6.07) is 7.90. The Morgan fingerprint density at radius 1 is 1.24 bits per heavy atom. The number of aromatic hydroxyl groups is 1. The molecule has 4 bridgehead atoms. The minimum absolute atomic E-state index is 0.126. The Bertz CT molecular complexity index is 1050. The highest BCUT2D eigenvalue weighted by Gasteiger charge is 2.54. The quantitative estimate of drug-likeness (QED) is 0.484. The van der Waals surface area contributed by atoms with Crippen molar-refractivity contribution in [3.05, 3.63) is 35.5 Å². The van der Waals surface area contributed by atoms with Crippen LogP contribution in [0.25, 0.3) is 0 Å². The molecule has 0 radical (unpaired) electrons. The molecular formula is C25H32N6O2. The molecule has 8 nitrogen and oxygen atoms in total. The molecule has 4 fully saturated rings. The maximum atomic E-state index is 9.75. The van der Waals surface area contributed by atoms with E-state index in [1.807, 2.05) is 12.1 Å². The third kappa shape index (κ3) is 4.30. The van der Waals surface area contributed by atoms with Crippen molar-refractivity contribution in [1.29, 1.82) is 5.26 Å². The molecule has 174 valence electrons. The number of nitrogens with two attached hydrogens (primary N) is 1. The van der Waals surface area contributed by atoms with Gasteiger partial charge in [0.15, 0.2) is 11.5 Å². The number of nitriles is 1. The average Bonchev–Trinajstić information content (AvgIpc) is 2.82. The summed E-state index contributed by atoms with van der Waals surface area (Å²) in [7, 11) is 1.54. The van der Waals surface area contributed by atoms with Gasteiger partial charge < -0.3 is 26.2 Å². The van der Waals surface area contributed by atoms with E-state index in [4.69, 9.17) is 10.5 Å². The van der Waals surface area contributed by atoms with Crippen molar-refractivity contribution in [3.8, 4) is 17.6 Å². The van der Waals surface area contributed by atoms with Gasteiger partial charge in [-0.3, -0.25) is 0 Å². The molecule has 0 aliphatic heterocycles. The molecule has 1 aromatic carbocycles. The van der Waals surface area contributed by atoms with Gasteiger partial charge in [-0.1, -0.05) is 6.07 Å². The molecule has 5 N–H and O–H groups in total. The van der Waals surface area contributed by atoms with Crippen LogP contribution in [0.1, 0.15) is 43.2 Å². The Morgan fingerprint density at radius 3 is 2.76 bits per heavy atom. The van der Waals surface area contributed by atoms with E-state index in [9.17, 15) is 10.4 Å². The Morgan fingerprint density at radius 2 is 2.03 bits per heavy atom. The fourth-order valence-corrected chi connectivity index (χ4v) is 6.60. The van der Waals surface area contributed by atoms with E-state index in [2.05, 4.69) is 26.7 Å². The number of anilines is 2. The summed E-state index contributed by atoms with van der Waals surface area (Å²) in [4.78, 5) is 8.92. The van der Waals surface area contributed by atoms with Gasteiger partial charge in [0.1, 0.15) is 17.5 Å². The molecule has 1 unspecified atom stereocenters. The van der Waals surface area contributed by atoms with Crippen LogP contribution < -0.4 is 21.1 Å². The van der Waals surface area contributed by atoms with Gasteiger partial charge in [0.25, 0.3) is 0 Å². The van der Waals surface area contributed by atoms with Crippen molar-refractivity contribution in [3.63, 3.8) is 0 Å². The molecule has 0 saturated heterocycles. The molecule has 1 heterocycles. The van der Waals surface area contributed by atoms with Crippen LogP contribution in [0.3, 0.4) is 0 Å². The molecular weight excluding hydrogens is 416 g/mol. The minimum Gasteiger partial charge on any atom is -0.504 e. The van der Waals surface area contributed by atoms with E-state index in [1.54, 1.807) is 12.3 Å². The number of ether oxygens (including phenoxy) is 1. The van der Waals surface area contributed by atoms with Gasteiger partial charge in [-0.2, -0.15) is 10.2 Å². The van der Waals surface area contributed by atoms with Crippen molar-refractivity contribution >= 4 is 11.8 Å². The Balaban J connectivity index is 1.22. The first-order chi connectivity index (χ1) is 16.0. The van der Waals surface area contributed by atoms with E-state index in [-0.39, 0.29) is 11.2 Å². The first kappa shape index (κ1) is 21.8. The third-order valence-corrected chi connectivity index (χ3v) is 7.95. The van der Waals surface area contributed by atoms with Crippen LogP contribution in [0.5, 0.6) is 11.5 Å². The lowest BCUT2D eigenvalue weighted by Crippen LogP contribution is -2.58. The fraction of sp³-hybridized carbons (Fsp3) is 0.560. The van der Waals surface area contributed by atoms with E-state index < -0.39 is 0 Å². The number of methoxy groups -OCH3 is 1. The van der Waals surface area contributed by atoms with E-state index in [0.717, 1.165) is 24.4 Å². The number of hydrogen-bond donors (Lipinski definition) is 4. The van der Waals surface area contributed by atoms with Crippen LogP contribution in [0.4, 0.5) is 11.8 Å². The largest absolute Gasteiger partial charge is 0.504 e. The van der Waals surface area contributed by atoms with Crippen LogP contribution in [0.2, 0.25) is 0 Å². The van der Waals surface area contributed by atoms with Gasteiger partial charge in [-0.15, -0.1) is 0 Å². The molecule has 1 aromatic heterocycles. The van der Waals surface area contributed by atoms with E-state index >= 15 is 0 Å². The van der Waals surface area contributed by atoms with Crippen LogP contribution in [0.15, 0.2) is 24.4 Å². The number of benzene rings is 1. The van der Waals surface area contributed by atoms with Crippen LogP contribution in [0, 0.1) is 34.5 Å². The standard InChI is InChI=1S/C25H32N6O2/c1-33-21-8-15(2-3-20(21)32)4-5-28-24-29-13-19(12-26)23(31-24)30-14-25-9-16-6-17(10-25)22(27)18(7-16)11-25/h2-3,8,13,16-18,22,32H,4-7,9-11,14,27H2,1H3,(H2,28,29,30,31)/t16?,17-,18+,22-,25-. The lowest BCUT2D eigenvalue weighted by molar-refractivity contribution is -0.0591. The molecule has 0 amide bonds. The topological polar surface area (TPSA) is 129 Å². The molecule has 2 aromatic rings. The number of nitrogens with one attached hydrogen (secondary N) is 2. The fourth-order valence-electron chi connectivity index (χ4n) is 6.60. The minimum atomic E-state index is 0.126. The van der Waals surface area contributed by atoms with Crippen LogP contribution >= 0.6 is 0 Å². The first-order valence-electron chi connectivity index (χ1n) is 11.8. The number of phenols is 1. The highest BCUT2D eigenvalue weighted by atomic mass is 16.5. The highest BCUT2D eigenvalue weighted by Crippen LogP contribution is 2.59. The zero-order valence-corrected chi connectivity index (χ0v) is 19.1. The molecule has 4 saturated carbocycles. The second-order valence-corrected chi connectivity index (χ2v) is 10.2. The molecule has 5 atom stereocenters. The van der Waals surface area contributed by atoms with E-state index in [0.29, 0.717) is 47.5 Å². The Kier molecular flexibility index (Phi) is 5.75. The zero-order chi connectivity index (χ0) is 23.0. The molecule has 0 spiro atoms. The number of nitrogens with zero attached hydrogens (tertiary/aromatic N) is 3. The van der Waals surface area contributed by atoms with Crippen molar-refractivity contribution < 1.29 is 9.84 Å². The van der Waals surface area contributed by atoms with Crippen molar-refractivity contribution in [2.75, 3.05) is 30.8 Å². The summed E-state index contributed by atoms with van der Waals surface area (Å²) in [6.45, 7) is 1.45. The second kappa shape index (κ2) is 8.71. The number of rotatable bonds is 8. The molecule has 4 aliphatic rings. The summed E-state index contributed by atoms with van der Waals surface area (Å²) >= 11 is 0. The second-order valence-electron chi connectivity index (χ2n) is 10.2. The van der Waals surface area contributed by atoms with Crippen LogP contribution in [-0.4, -0.2) is 41.3 Å². The predicted octanol–water partition coefficient (Wildman–Crippen LogP) is 3.28. The molecule has 4 aliphatic carbocycles. The monoisotopic (exact) mass is 448 g/mol. The lowest BCUT2D eigenvalue weighted by Gasteiger charge is -2.59. The average molecular weight is 449 g/mol. The number of phenolic OH excluding ortho intramolecular Hbond substituents is 1. The maximum absolute atomic E-state index is 9.75. The number of aromatic nitrogens is 2. The van der Waals surface area contributed by atoms with Crippen molar-refractivity contribution in [2.45, 2.75) is 44.6 Å². The lowest BCUT2D eigenvalue weighted by atomic mass is 9.48. The van der Waals surface area contributed by atoms with Gasteiger partial charge in [0.2, 0.25) is 5.95 Å². The van der Waals surface area contributed by atoms with Crippen molar-refractivity contribution in [1.82, 2.24) is 9.97 Å². The highest BCUT2D eigenvalue weighted by molar-refractivity contribution is 5.53. The summed E-state index contributed by atoms with van der Waals surface area (Å²) in [6.07, 6.45) is 8.50. The van der Waals surface area contributed by atoms with Gasteiger partial charge in [0.05, 0.1) is 13.3 Å². The van der Waals surface area contributed by atoms with Gasteiger partial charge in [-0.05, 0) is 79.4 Å². The summed E-state index contributed by atoms with van der Waals surface area (Å²) in [5.41, 5.74) is 8.27. The first-order valence-corrected chi connectivity index (χ1v) is 11.8. The van der Waals surface area contributed by atoms with Crippen LogP contribution in [-0.2, 0) is 6.42 Å². The molecule has 33 heavy (non-hydrogen) atoms.